The number of carbonyl (C=O) groups excluding carboxylic acids is 2. The van der Waals surface area contributed by atoms with Crippen LogP contribution in [-0.4, -0.2) is 33.2 Å². The minimum absolute atomic E-state index is 0.156. The zero-order valence-electron chi connectivity index (χ0n) is 16.9. The van der Waals surface area contributed by atoms with Gasteiger partial charge in [-0.15, -0.1) is 0 Å². The first-order valence-corrected chi connectivity index (χ1v) is 10.1. The lowest BCUT2D eigenvalue weighted by atomic mass is 9.89. The lowest BCUT2D eigenvalue weighted by molar-refractivity contribution is -0.124. The van der Waals surface area contributed by atoms with Gasteiger partial charge in [0.2, 0.25) is 0 Å². The zero-order chi connectivity index (χ0) is 20.9. The number of rotatable bonds is 6. The van der Waals surface area contributed by atoms with Gasteiger partial charge in [-0.1, -0.05) is 18.2 Å². The van der Waals surface area contributed by atoms with E-state index in [2.05, 4.69) is 33.6 Å². The lowest BCUT2D eigenvalue weighted by Gasteiger charge is -2.20. The van der Waals surface area contributed by atoms with E-state index in [-0.39, 0.29) is 24.1 Å². The van der Waals surface area contributed by atoms with Crippen LogP contribution in [-0.2, 0) is 22.4 Å². The fourth-order valence-corrected chi connectivity index (χ4v) is 3.66. The summed E-state index contributed by atoms with van der Waals surface area (Å²) in [6, 6.07) is 9.85. The zero-order valence-corrected chi connectivity index (χ0v) is 16.9. The maximum atomic E-state index is 12.3. The molecule has 0 fully saturated rings. The van der Waals surface area contributed by atoms with E-state index in [1.165, 1.54) is 34.8 Å². The molecule has 1 aliphatic rings. The quantitative estimate of drug-likeness (QED) is 0.638. The van der Waals surface area contributed by atoms with Crippen molar-refractivity contribution in [2.75, 3.05) is 6.61 Å². The minimum atomic E-state index is -0.596. The Kier molecular flexibility index (Phi) is 5.88. The number of hydrogen-bond donors (Lipinski definition) is 1. The number of nitrogens with one attached hydrogen (secondary N) is 1. The Morgan fingerprint density at radius 3 is 2.80 bits per heavy atom. The molecule has 3 aromatic rings. The van der Waals surface area contributed by atoms with Crippen molar-refractivity contribution in [1.82, 2.24) is 20.1 Å². The topological polar surface area (TPSA) is 86.1 Å². The molecule has 4 rings (SSSR count). The lowest BCUT2D eigenvalue weighted by Crippen LogP contribution is -2.31. The van der Waals surface area contributed by atoms with Crippen LogP contribution in [0.2, 0.25) is 0 Å². The van der Waals surface area contributed by atoms with Gasteiger partial charge in [0.1, 0.15) is 0 Å². The van der Waals surface area contributed by atoms with Crippen molar-refractivity contribution in [1.29, 1.82) is 0 Å². The molecule has 0 radical (unpaired) electrons. The van der Waals surface area contributed by atoms with Crippen molar-refractivity contribution >= 4 is 11.9 Å². The summed E-state index contributed by atoms with van der Waals surface area (Å²) in [4.78, 5) is 28.5. The standard InChI is InChI=1S/C23H24N4O3/c1-16(18-9-8-17-5-2-3-6-19(17)11-18)26-22(28)15-30-23(29)20-12-25-27(14-20)21-7-4-10-24-13-21/h4,7-14,16H,2-3,5-6,15H2,1H3,(H,26,28)/t16-/m1/s1. The summed E-state index contributed by atoms with van der Waals surface area (Å²) < 4.78 is 6.68. The number of aromatic nitrogens is 3. The van der Waals surface area contributed by atoms with E-state index in [9.17, 15) is 9.59 Å². The molecule has 2 heterocycles. The third-order valence-electron chi connectivity index (χ3n) is 5.31. The van der Waals surface area contributed by atoms with E-state index in [4.69, 9.17) is 4.74 Å². The van der Waals surface area contributed by atoms with Crippen LogP contribution < -0.4 is 5.32 Å². The Morgan fingerprint density at radius 2 is 2.00 bits per heavy atom. The number of fused-ring (bicyclic) bond motifs is 1. The first-order chi connectivity index (χ1) is 14.6. The van der Waals surface area contributed by atoms with Gasteiger partial charge in [-0.05, 0) is 61.4 Å². The van der Waals surface area contributed by atoms with Crippen LogP contribution in [0.15, 0.2) is 55.1 Å². The molecule has 0 saturated carbocycles. The predicted molar refractivity (Wildman–Crippen MR) is 111 cm³/mol. The Bertz CT molecular complexity index is 1050. The first kappa shape index (κ1) is 19.8. The summed E-state index contributed by atoms with van der Waals surface area (Å²) >= 11 is 0. The van der Waals surface area contributed by atoms with Crippen LogP contribution in [0, 0.1) is 0 Å². The molecule has 30 heavy (non-hydrogen) atoms. The largest absolute Gasteiger partial charge is 0.452 e. The van der Waals surface area contributed by atoms with Crippen LogP contribution in [0.4, 0.5) is 0 Å². The van der Waals surface area contributed by atoms with Gasteiger partial charge < -0.3 is 10.1 Å². The highest BCUT2D eigenvalue weighted by Crippen LogP contribution is 2.24. The fourth-order valence-electron chi connectivity index (χ4n) is 3.66. The van der Waals surface area contributed by atoms with Gasteiger partial charge in [0, 0.05) is 12.4 Å². The van der Waals surface area contributed by atoms with Crippen LogP contribution in [0.5, 0.6) is 0 Å². The smallest absolute Gasteiger partial charge is 0.341 e. The van der Waals surface area contributed by atoms with Crippen molar-refractivity contribution in [3.05, 3.63) is 77.4 Å². The summed E-state index contributed by atoms with van der Waals surface area (Å²) in [5.41, 5.74) is 4.84. The Balaban J connectivity index is 1.30. The minimum Gasteiger partial charge on any atom is -0.452 e. The van der Waals surface area contributed by atoms with E-state index >= 15 is 0 Å². The molecule has 1 aromatic carbocycles. The van der Waals surface area contributed by atoms with E-state index in [0.717, 1.165) is 24.1 Å². The number of hydrogen-bond acceptors (Lipinski definition) is 5. The number of nitrogens with zero attached hydrogens (tertiary/aromatic N) is 3. The third-order valence-corrected chi connectivity index (χ3v) is 5.31. The van der Waals surface area contributed by atoms with Gasteiger partial charge in [-0.25, -0.2) is 9.48 Å². The average Bonchev–Trinajstić information content (AvgIpc) is 3.28. The van der Waals surface area contributed by atoms with E-state index < -0.39 is 5.97 Å². The number of aryl methyl sites for hydroxylation is 2. The normalized spacial score (nSPS) is 13.9. The first-order valence-electron chi connectivity index (χ1n) is 10.1. The number of benzene rings is 1. The second-order valence-corrected chi connectivity index (χ2v) is 7.49. The van der Waals surface area contributed by atoms with Crippen LogP contribution in [0.1, 0.15) is 52.9 Å². The van der Waals surface area contributed by atoms with E-state index in [1.807, 2.05) is 13.0 Å². The molecule has 1 aliphatic carbocycles. The number of ether oxygens (including phenoxy) is 1. The Labute approximate surface area is 175 Å². The molecule has 0 bridgehead atoms. The number of esters is 1. The molecule has 7 heteroatoms. The molecule has 0 unspecified atom stereocenters. The molecule has 154 valence electrons. The Morgan fingerprint density at radius 1 is 1.17 bits per heavy atom. The highest BCUT2D eigenvalue weighted by Gasteiger charge is 2.16. The van der Waals surface area contributed by atoms with Gasteiger partial charge in [0.05, 0.1) is 29.7 Å². The molecule has 1 atom stereocenters. The molecule has 0 saturated heterocycles. The van der Waals surface area contributed by atoms with Crippen molar-refractivity contribution < 1.29 is 14.3 Å². The summed E-state index contributed by atoms with van der Waals surface area (Å²) in [7, 11) is 0. The van der Waals surface area contributed by atoms with Crippen LogP contribution in [0.3, 0.4) is 0 Å². The van der Waals surface area contributed by atoms with Gasteiger partial charge in [-0.2, -0.15) is 5.10 Å². The van der Waals surface area contributed by atoms with Gasteiger partial charge >= 0.3 is 5.97 Å². The number of pyridine rings is 1. The molecule has 1 amide bonds. The highest BCUT2D eigenvalue weighted by atomic mass is 16.5. The van der Waals surface area contributed by atoms with Gasteiger partial charge in [-0.3, -0.25) is 9.78 Å². The maximum Gasteiger partial charge on any atom is 0.341 e. The van der Waals surface area contributed by atoms with Crippen molar-refractivity contribution in [2.45, 2.75) is 38.6 Å². The van der Waals surface area contributed by atoms with Gasteiger partial charge in [0.15, 0.2) is 6.61 Å². The maximum absolute atomic E-state index is 12.3. The average molecular weight is 404 g/mol. The van der Waals surface area contributed by atoms with Crippen molar-refractivity contribution in [3.63, 3.8) is 0 Å². The molecule has 1 N–H and O–H groups in total. The Hall–Kier alpha value is -3.48. The van der Waals surface area contributed by atoms with E-state index in [0.29, 0.717) is 0 Å². The predicted octanol–water partition coefficient (Wildman–Crippen LogP) is 3.18. The number of amides is 1. The second-order valence-electron chi connectivity index (χ2n) is 7.49. The van der Waals surface area contributed by atoms with Crippen molar-refractivity contribution in [3.8, 4) is 5.69 Å². The third kappa shape index (κ3) is 4.56. The summed E-state index contributed by atoms with van der Waals surface area (Å²) in [5, 5.41) is 7.03. The molecule has 7 nitrogen and oxygen atoms in total. The van der Waals surface area contributed by atoms with E-state index in [1.54, 1.807) is 24.7 Å². The second kappa shape index (κ2) is 8.90. The molecular weight excluding hydrogens is 380 g/mol. The molecular formula is C23H24N4O3. The SMILES string of the molecule is C[C@@H](NC(=O)COC(=O)c1cnn(-c2cccnc2)c1)c1ccc2c(c1)CCCC2. The summed E-state index contributed by atoms with van der Waals surface area (Å²) in [6.45, 7) is 1.59. The van der Waals surface area contributed by atoms with Crippen LogP contribution in [0.25, 0.3) is 5.69 Å². The monoisotopic (exact) mass is 404 g/mol. The number of carbonyl (C=O) groups is 2. The fraction of sp³-hybridized carbons (Fsp3) is 0.304. The highest BCUT2D eigenvalue weighted by molar-refractivity contribution is 5.91. The summed E-state index contributed by atoms with van der Waals surface area (Å²) in [5.74, 6) is -0.935. The summed E-state index contributed by atoms with van der Waals surface area (Å²) in [6.07, 6.45) is 10.9. The molecule has 0 spiro atoms. The molecule has 2 aromatic heterocycles. The van der Waals surface area contributed by atoms with Gasteiger partial charge in [0.25, 0.3) is 5.91 Å². The van der Waals surface area contributed by atoms with Crippen LogP contribution >= 0.6 is 0 Å². The molecule has 0 aliphatic heterocycles. The van der Waals surface area contributed by atoms with Crippen molar-refractivity contribution in [2.24, 2.45) is 0 Å².